The summed E-state index contributed by atoms with van der Waals surface area (Å²) in [5, 5.41) is 12.6. The third kappa shape index (κ3) is 1.70. The third-order valence-electron chi connectivity index (χ3n) is 2.35. The molecule has 0 amide bonds. The van der Waals surface area contributed by atoms with Gasteiger partial charge in [-0.15, -0.1) is 0 Å². The Morgan fingerprint density at radius 1 is 1.60 bits per heavy atom. The summed E-state index contributed by atoms with van der Waals surface area (Å²) in [7, 11) is 0. The molecule has 0 aromatic carbocycles. The van der Waals surface area contributed by atoms with E-state index >= 15 is 0 Å². The molecule has 1 unspecified atom stereocenters. The van der Waals surface area contributed by atoms with Gasteiger partial charge in [0.25, 0.3) is 0 Å². The molecule has 0 aromatic rings. The lowest BCUT2D eigenvalue weighted by Gasteiger charge is -2.35. The van der Waals surface area contributed by atoms with Crippen LogP contribution in [0.2, 0.25) is 0 Å². The Balaban J connectivity index is 2.12. The summed E-state index contributed by atoms with van der Waals surface area (Å²) in [6.07, 6.45) is 3.19. The monoisotopic (exact) mass is 143 g/mol. The zero-order valence-electron chi connectivity index (χ0n) is 6.80. The van der Waals surface area contributed by atoms with Gasteiger partial charge in [-0.2, -0.15) is 0 Å². The van der Waals surface area contributed by atoms with E-state index in [9.17, 15) is 5.11 Å². The van der Waals surface area contributed by atoms with Crippen LogP contribution >= 0.6 is 0 Å². The Morgan fingerprint density at radius 3 is 2.60 bits per heavy atom. The fourth-order valence-electron chi connectivity index (χ4n) is 1.16. The lowest BCUT2D eigenvalue weighted by Crippen LogP contribution is -2.50. The second-order valence-corrected chi connectivity index (χ2v) is 3.23. The van der Waals surface area contributed by atoms with Crippen LogP contribution < -0.4 is 5.32 Å². The fraction of sp³-hybridized carbons (Fsp3) is 1.00. The molecular formula is C8H17NO. The Kier molecular flexibility index (Phi) is 2.69. The van der Waals surface area contributed by atoms with E-state index in [1.165, 1.54) is 0 Å². The van der Waals surface area contributed by atoms with E-state index in [0.29, 0.717) is 12.1 Å². The van der Waals surface area contributed by atoms with Crippen molar-refractivity contribution in [2.75, 3.05) is 0 Å². The van der Waals surface area contributed by atoms with E-state index in [1.807, 2.05) is 0 Å². The Morgan fingerprint density at radius 2 is 2.30 bits per heavy atom. The summed E-state index contributed by atoms with van der Waals surface area (Å²) in [4.78, 5) is 0. The molecule has 0 aromatic heterocycles. The molecule has 1 rings (SSSR count). The maximum Gasteiger partial charge on any atom is 0.0693 e. The van der Waals surface area contributed by atoms with Crippen molar-refractivity contribution in [3.05, 3.63) is 0 Å². The molecule has 1 aliphatic carbocycles. The number of hydrogen-bond donors (Lipinski definition) is 2. The molecule has 10 heavy (non-hydrogen) atoms. The highest BCUT2D eigenvalue weighted by molar-refractivity contribution is 4.87. The second kappa shape index (κ2) is 3.35. The number of hydrogen-bond acceptors (Lipinski definition) is 2. The van der Waals surface area contributed by atoms with Crippen molar-refractivity contribution in [1.82, 2.24) is 5.32 Å². The molecule has 2 heteroatoms. The van der Waals surface area contributed by atoms with Gasteiger partial charge in [0, 0.05) is 12.1 Å². The van der Waals surface area contributed by atoms with Crippen molar-refractivity contribution in [2.24, 2.45) is 0 Å². The first-order valence-corrected chi connectivity index (χ1v) is 4.18. The van der Waals surface area contributed by atoms with Crippen molar-refractivity contribution >= 4 is 0 Å². The zero-order chi connectivity index (χ0) is 7.56. The minimum absolute atomic E-state index is 0.0750. The quantitative estimate of drug-likeness (QED) is 0.615. The SMILES string of the molecule is CCC(C)N[C@@H]1CC[C@H]1O. The Hall–Kier alpha value is -0.0800. The van der Waals surface area contributed by atoms with Gasteiger partial charge in [-0.25, -0.2) is 0 Å². The lowest BCUT2D eigenvalue weighted by atomic mass is 9.88. The summed E-state index contributed by atoms with van der Waals surface area (Å²) in [5.41, 5.74) is 0. The summed E-state index contributed by atoms with van der Waals surface area (Å²) in [6, 6.07) is 0.940. The Bertz CT molecular complexity index is 105. The van der Waals surface area contributed by atoms with Crippen LogP contribution in [0.4, 0.5) is 0 Å². The van der Waals surface area contributed by atoms with Gasteiger partial charge < -0.3 is 10.4 Å². The van der Waals surface area contributed by atoms with Crippen LogP contribution in [0.3, 0.4) is 0 Å². The van der Waals surface area contributed by atoms with Gasteiger partial charge in [-0.1, -0.05) is 6.92 Å². The van der Waals surface area contributed by atoms with Gasteiger partial charge >= 0.3 is 0 Å². The van der Waals surface area contributed by atoms with Gasteiger partial charge in [0.2, 0.25) is 0 Å². The number of aliphatic hydroxyl groups is 1. The van der Waals surface area contributed by atoms with Gasteiger partial charge in [0.15, 0.2) is 0 Å². The zero-order valence-corrected chi connectivity index (χ0v) is 6.80. The maximum atomic E-state index is 9.19. The fourth-order valence-corrected chi connectivity index (χ4v) is 1.16. The van der Waals surface area contributed by atoms with Crippen LogP contribution in [0.5, 0.6) is 0 Å². The van der Waals surface area contributed by atoms with Gasteiger partial charge in [0.1, 0.15) is 0 Å². The molecule has 0 radical (unpaired) electrons. The molecule has 3 atom stereocenters. The highest BCUT2D eigenvalue weighted by Gasteiger charge is 2.28. The summed E-state index contributed by atoms with van der Waals surface area (Å²) in [5.74, 6) is 0. The van der Waals surface area contributed by atoms with Gasteiger partial charge in [-0.3, -0.25) is 0 Å². The minimum atomic E-state index is -0.0750. The molecule has 1 fully saturated rings. The molecule has 1 aliphatic rings. The van der Waals surface area contributed by atoms with Crippen molar-refractivity contribution in [2.45, 2.75) is 51.3 Å². The summed E-state index contributed by atoms with van der Waals surface area (Å²) >= 11 is 0. The van der Waals surface area contributed by atoms with Crippen LogP contribution in [-0.4, -0.2) is 23.3 Å². The van der Waals surface area contributed by atoms with E-state index in [-0.39, 0.29) is 6.10 Å². The van der Waals surface area contributed by atoms with Crippen molar-refractivity contribution in [1.29, 1.82) is 0 Å². The molecule has 0 bridgehead atoms. The molecular weight excluding hydrogens is 126 g/mol. The van der Waals surface area contributed by atoms with Gasteiger partial charge in [-0.05, 0) is 26.2 Å². The highest BCUT2D eigenvalue weighted by atomic mass is 16.3. The first kappa shape index (κ1) is 8.02. The van der Waals surface area contributed by atoms with Crippen LogP contribution in [0.1, 0.15) is 33.1 Å². The molecule has 0 spiro atoms. The van der Waals surface area contributed by atoms with Crippen LogP contribution in [0, 0.1) is 0 Å². The third-order valence-corrected chi connectivity index (χ3v) is 2.35. The van der Waals surface area contributed by atoms with E-state index < -0.39 is 0 Å². The van der Waals surface area contributed by atoms with Crippen molar-refractivity contribution < 1.29 is 5.11 Å². The second-order valence-electron chi connectivity index (χ2n) is 3.23. The molecule has 2 N–H and O–H groups in total. The smallest absolute Gasteiger partial charge is 0.0693 e. The van der Waals surface area contributed by atoms with E-state index in [0.717, 1.165) is 19.3 Å². The van der Waals surface area contributed by atoms with Crippen molar-refractivity contribution in [3.8, 4) is 0 Å². The average molecular weight is 143 g/mol. The van der Waals surface area contributed by atoms with E-state index in [2.05, 4.69) is 19.2 Å². The molecule has 0 aliphatic heterocycles. The predicted octanol–water partition coefficient (Wildman–Crippen LogP) is 0.898. The van der Waals surface area contributed by atoms with E-state index in [4.69, 9.17) is 0 Å². The maximum absolute atomic E-state index is 9.19. The molecule has 2 nitrogen and oxygen atoms in total. The number of nitrogens with one attached hydrogen (secondary N) is 1. The number of rotatable bonds is 3. The molecule has 60 valence electrons. The van der Waals surface area contributed by atoms with E-state index in [1.54, 1.807) is 0 Å². The largest absolute Gasteiger partial charge is 0.392 e. The van der Waals surface area contributed by atoms with Crippen LogP contribution in [-0.2, 0) is 0 Å². The molecule has 1 saturated carbocycles. The highest BCUT2D eigenvalue weighted by Crippen LogP contribution is 2.19. The Labute approximate surface area is 62.6 Å². The normalized spacial score (nSPS) is 35.1. The van der Waals surface area contributed by atoms with Crippen LogP contribution in [0.15, 0.2) is 0 Å². The first-order valence-electron chi connectivity index (χ1n) is 4.18. The van der Waals surface area contributed by atoms with Gasteiger partial charge in [0.05, 0.1) is 6.10 Å². The summed E-state index contributed by atoms with van der Waals surface area (Å²) < 4.78 is 0. The van der Waals surface area contributed by atoms with Crippen molar-refractivity contribution in [3.63, 3.8) is 0 Å². The molecule has 0 heterocycles. The number of aliphatic hydroxyl groups excluding tert-OH is 1. The predicted molar refractivity (Wildman–Crippen MR) is 41.9 cm³/mol. The van der Waals surface area contributed by atoms with Crippen LogP contribution in [0.25, 0.3) is 0 Å². The standard InChI is InChI=1S/C8H17NO/c1-3-6(2)9-7-4-5-8(7)10/h6-10H,3-5H2,1-2H3/t6?,7-,8-/m1/s1. The lowest BCUT2D eigenvalue weighted by molar-refractivity contribution is 0.0448. The topological polar surface area (TPSA) is 32.3 Å². The summed E-state index contributed by atoms with van der Waals surface area (Å²) in [6.45, 7) is 4.31. The first-order chi connectivity index (χ1) is 4.74. The minimum Gasteiger partial charge on any atom is -0.392 e. The molecule has 0 saturated heterocycles. The average Bonchev–Trinajstić information content (AvgIpc) is 1.96.